The number of anilines is 1. The topological polar surface area (TPSA) is 83.4 Å². The molecule has 2 atom stereocenters. The van der Waals surface area contributed by atoms with E-state index in [-0.39, 0.29) is 18.2 Å². The van der Waals surface area contributed by atoms with Crippen molar-refractivity contribution in [2.75, 3.05) is 12.4 Å². The molecule has 0 saturated carbocycles. The number of halogens is 2. The number of rotatable bonds is 6. The summed E-state index contributed by atoms with van der Waals surface area (Å²) in [7, 11) is 1.60. The minimum absolute atomic E-state index is 0.108. The van der Waals surface area contributed by atoms with Gasteiger partial charge in [0.25, 0.3) is 5.91 Å². The van der Waals surface area contributed by atoms with E-state index in [0.29, 0.717) is 11.6 Å². The highest BCUT2D eigenvalue weighted by atomic mass is 32.2. The highest BCUT2D eigenvalue weighted by Crippen LogP contribution is 2.39. The van der Waals surface area contributed by atoms with Crippen LogP contribution in [0.1, 0.15) is 30.0 Å². The fourth-order valence-electron chi connectivity index (χ4n) is 4.14. The quantitative estimate of drug-likeness (QED) is 0.486. The fraction of sp³-hybridized carbons (Fsp3) is 0.185. The summed E-state index contributed by atoms with van der Waals surface area (Å²) < 4.78 is 31.9. The molecule has 0 bridgehead atoms. The molecule has 0 spiro atoms. The van der Waals surface area contributed by atoms with Crippen LogP contribution in [-0.2, 0) is 9.59 Å². The Balaban J connectivity index is 1.34. The number of thioether (sulfide) groups is 1. The Kier molecular flexibility index (Phi) is 7.00. The van der Waals surface area contributed by atoms with E-state index >= 15 is 0 Å². The molecule has 2 aliphatic heterocycles. The molecule has 0 aromatic heterocycles. The van der Waals surface area contributed by atoms with E-state index in [0.717, 1.165) is 46.5 Å². The molecule has 37 heavy (non-hydrogen) atoms. The van der Waals surface area contributed by atoms with Crippen molar-refractivity contribution in [2.45, 2.75) is 24.1 Å². The van der Waals surface area contributed by atoms with Gasteiger partial charge in [-0.05, 0) is 35.4 Å². The molecule has 3 aromatic carbocycles. The van der Waals surface area contributed by atoms with Crippen LogP contribution in [0.5, 0.6) is 5.75 Å². The number of hydrazone groups is 1. The van der Waals surface area contributed by atoms with Gasteiger partial charge in [0.2, 0.25) is 5.91 Å². The molecule has 2 amide bonds. The number of amidine groups is 1. The molecule has 188 valence electrons. The Morgan fingerprint density at radius 3 is 2.54 bits per heavy atom. The molecule has 7 nitrogen and oxygen atoms in total. The lowest BCUT2D eigenvalue weighted by Crippen LogP contribution is -2.25. The van der Waals surface area contributed by atoms with Crippen molar-refractivity contribution in [1.29, 1.82) is 0 Å². The Hall–Kier alpha value is -4.05. The number of benzene rings is 3. The Morgan fingerprint density at radius 2 is 1.84 bits per heavy atom. The summed E-state index contributed by atoms with van der Waals surface area (Å²) in [5, 5.41) is 8.70. The van der Waals surface area contributed by atoms with Crippen molar-refractivity contribution in [3.05, 3.63) is 95.6 Å². The number of carbonyl (C=O) groups excluding carboxylic acids is 2. The Bertz CT molecular complexity index is 1400. The summed E-state index contributed by atoms with van der Waals surface area (Å²) in [6.07, 6.45) is 0.428. The molecule has 0 fully saturated rings. The van der Waals surface area contributed by atoms with Crippen LogP contribution in [0.3, 0.4) is 0 Å². The van der Waals surface area contributed by atoms with E-state index in [9.17, 15) is 18.4 Å². The molecule has 3 aromatic rings. The van der Waals surface area contributed by atoms with Crippen LogP contribution < -0.4 is 10.1 Å². The van der Waals surface area contributed by atoms with Gasteiger partial charge in [0.15, 0.2) is 16.8 Å². The van der Waals surface area contributed by atoms with Crippen LogP contribution in [0.2, 0.25) is 0 Å². The lowest BCUT2D eigenvalue weighted by molar-refractivity contribution is -0.121. The zero-order chi connectivity index (χ0) is 25.9. The molecule has 1 N–H and O–H groups in total. The summed E-state index contributed by atoms with van der Waals surface area (Å²) >= 11 is 1.16. The monoisotopic (exact) mass is 520 g/mol. The van der Waals surface area contributed by atoms with Gasteiger partial charge in [0.05, 0.1) is 18.9 Å². The zero-order valence-electron chi connectivity index (χ0n) is 19.7. The van der Waals surface area contributed by atoms with Gasteiger partial charge in [-0.1, -0.05) is 54.2 Å². The summed E-state index contributed by atoms with van der Waals surface area (Å²) in [4.78, 5) is 29.5. The first kappa shape index (κ1) is 24.6. The summed E-state index contributed by atoms with van der Waals surface area (Å²) in [5.41, 5.74) is 2.92. The summed E-state index contributed by atoms with van der Waals surface area (Å²) in [5.74, 6) is -2.30. The van der Waals surface area contributed by atoms with Gasteiger partial charge in [-0.3, -0.25) is 9.59 Å². The van der Waals surface area contributed by atoms with Crippen molar-refractivity contribution in [3.63, 3.8) is 0 Å². The predicted molar refractivity (Wildman–Crippen MR) is 139 cm³/mol. The second-order valence-electron chi connectivity index (χ2n) is 8.47. The maximum Gasteiger partial charge on any atom is 0.262 e. The average molecular weight is 521 g/mol. The van der Waals surface area contributed by atoms with Crippen molar-refractivity contribution < 1.29 is 23.1 Å². The molecule has 0 radical (unpaired) electrons. The van der Waals surface area contributed by atoms with Gasteiger partial charge in [-0.2, -0.15) is 10.1 Å². The normalized spacial score (nSPS) is 19.0. The van der Waals surface area contributed by atoms with Gasteiger partial charge in [-0.25, -0.2) is 13.8 Å². The second kappa shape index (κ2) is 10.5. The first-order chi connectivity index (χ1) is 17.9. The predicted octanol–water partition coefficient (Wildman–Crippen LogP) is 5.15. The third kappa shape index (κ3) is 5.39. The van der Waals surface area contributed by atoms with Crippen LogP contribution >= 0.6 is 11.8 Å². The summed E-state index contributed by atoms with van der Waals surface area (Å²) in [6.45, 7) is 0. The number of hydrogen-bond donors (Lipinski definition) is 1. The first-order valence-corrected chi connectivity index (χ1v) is 12.4. The molecule has 10 heteroatoms. The maximum absolute atomic E-state index is 13.5. The van der Waals surface area contributed by atoms with Crippen LogP contribution in [0.25, 0.3) is 0 Å². The zero-order valence-corrected chi connectivity index (χ0v) is 20.5. The first-order valence-electron chi connectivity index (χ1n) is 11.5. The number of ether oxygens (including phenoxy) is 1. The van der Waals surface area contributed by atoms with Crippen molar-refractivity contribution in [3.8, 4) is 5.75 Å². The molecule has 2 unspecified atom stereocenters. The molecular weight excluding hydrogens is 498 g/mol. The van der Waals surface area contributed by atoms with Crippen molar-refractivity contribution >= 4 is 40.1 Å². The number of amides is 2. The van der Waals surface area contributed by atoms with Gasteiger partial charge in [0.1, 0.15) is 11.0 Å². The number of nitrogens with one attached hydrogen (secondary N) is 1. The number of hydrogen-bond acceptors (Lipinski definition) is 6. The number of nitrogens with zero attached hydrogens (tertiary/aromatic N) is 3. The van der Waals surface area contributed by atoms with Gasteiger partial charge in [-0.15, -0.1) is 0 Å². The molecule has 2 aliphatic rings. The van der Waals surface area contributed by atoms with Crippen LogP contribution in [0, 0.1) is 11.6 Å². The van der Waals surface area contributed by atoms with Crippen LogP contribution in [-0.4, -0.2) is 40.1 Å². The van der Waals surface area contributed by atoms with Crippen molar-refractivity contribution in [2.24, 2.45) is 10.1 Å². The van der Waals surface area contributed by atoms with E-state index in [2.05, 4.69) is 10.3 Å². The minimum atomic E-state index is -1.07. The number of aliphatic imine (C=N–C) groups is 1. The standard InChI is InChI=1S/C27H22F2N4O3S/c1-36-19-10-7-17(8-11-19)23-14-22(16-5-3-2-4-6-16)32-33(23)27-31-26(35)24(37-27)15-25(34)30-18-9-12-20(28)21(29)13-18/h2-13,23-24H,14-15H2,1H3,(H,30,34). The van der Waals surface area contributed by atoms with Gasteiger partial charge >= 0.3 is 0 Å². The summed E-state index contributed by atoms with van der Waals surface area (Å²) in [6, 6.07) is 20.3. The number of carbonyl (C=O) groups is 2. The van der Waals surface area contributed by atoms with E-state index < -0.39 is 28.7 Å². The average Bonchev–Trinajstić information content (AvgIpc) is 3.51. The third-order valence-corrected chi connectivity index (χ3v) is 7.16. The van der Waals surface area contributed by atoms with E-state index in [1.54, 1.807) is 12.1 Å². The van der Waals surface area contributed by atoms with Crippen LogP contribution in [0.4, 0.5) is 14.5 Å². The largest absolute Gasteiger partial charge is 0.497 e. The van der Waals surface area contributed by atoms with Gasteiger partial charge in [0, 0.05) is 24.6 Å². The lowest BCUT2D eigenvalue weighted by atomic mass is 9.98. The fourth-order valence-corrected chi connectivity index (χ4v) is 5.20. The highest BCUT2D eigenvalue weighted by Gasteiger charge is 2.39. The SMILES string of the molecule is COc1ccc(C2CC(c3ccccc3)=NN2C2=NC(=O)C(CC(=O)Nc3ccc(F)c(F)c3)S2)cc1. The van der Waals surface area contributed by atoms with E-state index in [4.69, 9.17) is 9.84 Å². The lowest BCUT2D eigenvalue weighted by Gasteiger charge is -2.23. The Labute approximate surface area is 216 Å². The molecular formula is C27H22F2N4O3S. The van der Waals surface area contributed by atoms with E-state index in [1.807, 2.05) is 54.6 Å². The second-order valence-corrected chi connectivity index (χ2v) is 9.64. The van der Waals surface area contributed by atoms with Crippen molar-refractivity contribution in [1.82, 2.24) is 5.01 Å². The highest BCUT2D eigenvalue weighted by molar-refractivity contribution is 8.15. The molecule has 0 aliphatic carbocycles. The molecule has 5 rings (SSSR count). The number of methoxy groups -OCH3 is 1. The molecule has 0 saturated heterocycles. The molecule has 2 heterocycles. The van der Waals surface area contributed by atoms with E-state index in [1.165, 1.54) is 6.07 Å². The maximum atomic E-state index is 13.5. The smallest absolute Gasteiger partial charge is 0.262 e. The minimum Gasteiger partial charge on any atom is -0.497 e. The van der Waals surface area contributed by atoms with Crippen LogP contribution in [0.15, 0.2) is 82.9 Å². The van der Waals surface area contributed by atoms with Gasteiger partial charge < -0.3 is 10.1 Å². The third-order valence-electron chi connectivity index (χ3n) is 6.02. The Morgan fingerprint density at radius 1 is 1.08 bits per heavy atom.